The molecule has 0 spiro atoms. The summed E-state index contributed by atoms with van der Waals surface area (Å²) in [6.45, 7) is 7.31. The van der Waals surface area contributed by atoms with Crippen LogP contribution in [0.2, 0.25) is 0 Å². The van der Waals surface area contributed by atoms with Crippen molar-refractivity contribution >= 4 is 76.8 Å². The SMILES string of the molecule is C.C.CC(=O)O[C@H]1C(=O)[C@]2(C)[C@@H](OC(=O)CC(=O)Cc3ccc(C(=O)[O-])cc3)C[C@H]3OC[C@@]3(OC(C)=O)[C@H]2[C@H](OC(=O)c2ccccc2)[C@]2(O)C[C@H](OC(=O)[C@H](OC(=O)CC(=O)Nc3ccc(CCCCCCCCCCCCCCCCCCC(=O)[O-])cc3)[C@@H](NC(=O)c3ccccc3)c3ccccc3)C(C)=C1C2(C)C. The van der Waals surface area contributed by atoms with Crippen molar-refractivity contribution in [2.75, 3.05) is 11.9 Å². The summed E-state index contributed by atoms with van der Waals surface area (Å²) >= 11 is 0. The van der Waals surface area contributed by atoms with Crippen molar-refractivity contribution in [3.8, 4) is 0 Å². The van der Waals surface area contributed by atoms with Gasteiger partial charge in [-0.1, -0.05) is 222 Å². The van der Waals surface area contributed by atoms with Crippen LogP contribution in [0.4, 0.5) is 5.69 Å². The van der Waals surface area contributed by atoms with E-state index in [2.05, 4.69) is 10.6 Å². The molecule has 5 aromatic carbocycles. The van der Waals surface area contributed by atoms with E-state index in [4.69, 9.17) is 33.2 Å². The van der Waals surface area contributed by atoms with Gasteiger partial charge in [0.25, 0.3) is 5.91 Å². The molecule has 2 amide bonds. The van der Waals surface area contributed by atoms with E-state index in [1.54, 1.807) is 66.7 Å². The zero-order chi connectivity index (χ0) is 79.3. The first-order valence-corrected chi connectivity index (χ1v) is 38.2. The van der Waals surface area contributed by atoms with Crippen LogP contribution in [-0.4, -0.2) is 131 Å². The Kier molecular flexibility index (Phi) is 32.5. The van der Waals surface area contributed by atoms with Crippen molar-refractivity contribution in [1.29, 1.82) is 0 Å². The number of aliphatic hydroxyl groups is 1. The molecule has 4 aliphatic rings. The topological polar surface area (TPSA) is 360 Å². The normalized spacial score (nSPS) is 22.4. The van der Waals surface area contributed by atoms with Gasteiger partial charge in [0.1, 0.15) is 54.7 Å². The monoisotopic (exact) mass is 1540 g/mol. The molecule has 2 saturated carbocycles. The fourth-order valence-corrected chi connectivity index (χ4v) is 16.2. The number of aliphatic carboxylic acids is 1. The van der Waals surface area contributed by atoms with Crippen LogP contribution in [0.1, 0.15) is 245 Å². The number of carbonyl (C=O) groups is 12. The van der Waals surface area contributed by atoms with Gasteiger partial charge in [0.15, 0.2) is 17.5 Å². The predicted octanol–water partition coefficient (Wildman–Crippen LogP) is 11.6. The molecular formula is C88H108N2O22-2. The number of hydrogen-bond acceptors (Lipinski definition) is 22. The number of rotatable bonds is 39. The Bertz CT molecular complexity index is 4120. The molecule has 1 saturated heterocycles. The quantitative estimate of drug-likeness (QED) is 0.0108. The van der Waals surface area contributed by atoms with Crippen molar-refractivity contribution in [2.24, 2.45) is 16.7 Å². The molecule has 1 aliphatic heterocycles. The standard InChI is InChI=1S/C86H102N2O22.2CH4/c1-54-65(106-82(102)75(73(59-33-25-21-26-34-59)88-79(98)60-35-27-22-28-36-60)108-71(96)51-68(92)87-63-46-42-57(43-47-63)32-24-19-17-15-13-11-9-7-8-10-12-14-16-18-20-31-39-69(93)94)52-86(103)78(109-81(101)62-37-29-23-30-38-62)76-84(6,77(97)74(105-55(2)89)72(54)83(86,4)5)66(50-67-85(76,53-104-67)110-56(3)90)107-70(95)49-64(91)48-58-40-44-61(45-41-58)80(99)100;;/h21-23,25-30,33-38,40-47,65-67,73-76,78,103H,7-20,24,31-32,39,48-53H2,1-6H3,(H,87,92)(H,88,98)(H,93,94)(H,99,100);2*1H4/p-2/t65-,66-,67+,73-,74+,75+,76-,78-,84+,85-,86+;;/m0../s1. The molecule has 0 radical (unpaired) electrons. The molecule has 9 rings (SSSR count). The highest BCUT2D eigenvalue weighted by molar-refractivity contribution is 6.03. The fraction of sp³-hybridized carbons (Fsp3) is 0.500. The fourth-order valence-electron chi connectivity index (χ4n) is 16.2. The number of anilines is 1. The van der Waals surface area contributed by atoms with Gasteiger partial charge < -0.3 is 68.7 Å². The molecule has 2 bridgehead atoms. The van der Waals surface area contributed by atoms with E-state index in [9.17, 15) is 58.5 Å². The lowest BCUT2D eigenvalue weighted by atomic mass is 9.44. The number of carboxylic acids is 2. The van der Waals surface area contributed by atoms with Gasteiger partial charge in [-0.15, -0.1) is 0 Å². The number of fused-ring (bicyclic) bond motifs is 5. The molecule has 24 nitrogen and oxygen atoms in total. The van der Waals surface area contributed by atoms with Crippen molar-refractivity contribution in [1.82, 2.24) is 5.32 Å². The van der Waals surface area contributed by atoms with Gasteiger partial charge in [0, 0.05) is 55.7 Å². The van der Waals surface area contributed by atoms with E-state index >= 15 is 14.4 Å². The second kappa shape index (κ2) is 40.8. The van der Waals surface area contributed by atoms with E-state index in [0.717, 1.165) is 64.4 Å². The molecule has 112 heavy (non-hydrogen) atoms. The Labute approximate surface area is 655 Å². The van der Waals surface area contributed by atoms with Gasteiger partial charge >= 0.3 is 35.8 Å². The van der Waals surface area contributed by atoms with Crippen LogP contribution in [0.5, 0.6) is 0 Å². The number of nitrogens with one attached hydrogen (secondary N) is 2. The number of carboxylic acid groups (broad SMARTS) is 2. The van der Waals surface area contributed by atoms with Gasteiger partial charge in [0.2, 0.25) is 12.0 Å². The lowest BCUT2D eigenvalue weighted by Crippen LogP contribution is -2.82. The Morgan fingerprint density at radius 2 is 1.13 bits per heavy atom. The summed E-state index contributed by atoms with van der Waals surface area (Å²) in [5.74, 6) is -14.4. The lowest BCUT2D eigenvalue weighted by molar-refractivity contribution is -0.346. The Balaban J connectivity index is 0.00000870. The second-order valence-corrected chi connectivity index (χ2v) is 30.1. The summed E-state index contributed by atoms with van der Waals surface area (Å²) in [7, 11) is 0. The van der Waals surface area contributed by atoms with E-state index in [1.165, 1.54) is 146 Å². The maximum absolute atomic E-state index is 16.7. The zero-order valence-electron chi connectivity index (χ0n) is 63.4. The Hall–Kier alpha value is -10.2. The van der Waals surface area contributed by atoms with Gasteiger partial charge in [0.05, 0.1) is 29.5 Å². The summed E-state index contributed by atoms with van der Waals surface area (Å²) in [5.41, 5.74) is -7.36. The third kappa shape index (κ3) is 22.1. The number of ether oxygens (including phenoxy) is 7. The van der Waals surface area contributed by atoms with Crippen LogP contribution in [0.3, 0.4) is 0 Å². The average molecular weight is 1550 g/mol. The molecule has 3 fully saturated rings. The minimum absolute atomic E-state index is 0. The molecule has 3 aliphatic carbocycles. The maximum atomic E-state index is 16.7. The average Bonchev–Trinajstić information content (AvgIpc) is 0.667. The highest BCUT2D eigenvalue weighted by Crippen LogP contribution is 2.65. The smallest absolute Gasteiger partial charge is 0.350 e. The number of carbonyl (C=O) groups excluding carboxylic acids is 12. The van der Waals surface area contributed by atoms with Crippen LogP contribution in [0, 0.1) is 16.7 Å². The number of Topliss-reactive ketones (excluding diaryl/α,β-unsaturated/α-hetero) is 2. The van der Waals surface area contributed by atoms with Gasteiger partial charge in [-0.3, -0.25) is 38.4 Å². The molecule has 5 aromatic rings. The molecule has 0 aromatic heterocycles. The minimum atomic E-state index is -2.69. The third-order valence-electron chi connectivity index (χ3n) is 22.0. The maximum Gasteiger partial charge on any atom is 0.350 e. The number of benzene rings is 5. The number of aryl methyl sites for hydroxylation is 1. The Morgan fingerprint density at radius 1 is 0.598 bits per heavy atom. The van der Waals surface area contributed by atoms with Crippen LogP contribution in [0.15, 0.2) is 151 Å². The zero-order valence-corrected chi connectivity index (χ0v) is 63.4. The largest absolute Gasteiger partial charge is 0.550 e. The lowest BCUT2D eigenvalue weighted by Gasteiger charge is -2.67. The second-order valence-electron chi connectivity index (χ2n) is 30.1. The van der Waals surface area contributed by atoms with Gasteiger partial charge in [-0.2, -0.15) is 0 Å². The summed E-state index contributed by atoms with van der Waals surface area (Å²) in [5, 5.41) is 42.1. The molecule has 11 atom stereocenters. The van der Waals surface area contributed by atoms with Crippen LogP contribution >= 0.6 is 0 Å². The summed E-state index contributed by atoms with van der Waals surface area (Å²) < 4.78 is 44.0. The number of amides is 2. The first-order chi connectivity index (χ1) is 52.6. The van der Waals surface area contributed by atoms with Crippen molar-refractivity contribution < 1.29 is 106 Å². The summed E-state index contributed by atoms with van der Waals surface area (Å²) in [6.07, 6.45) is 4.37. The first kappa shape index (κ1) is 89.0. The van der Waals surface area contributed by atoms with Crippen LogP contribution < -0.4 is 20.8 Å². The molecule has 24 heteroatoms. The van der Waals surface area contributed by atoms with Crippen molar-refractivity contribution in [3.05, 3.63) is 184 Å². The molecule has 1 heterocycles. The number of ketones is 2. The minimum Gasteiger partial charge on any atom is -0.550 e. The van der Waals surface area contributed by atoms with Gasteiger partial charge in [-0.05, 0) is 109 Å². The summed E-state index contributed by atoms with van der Waals surface area (Å²) in [4.78, 5) is 168. The molecule has 0 unspecified atom stereocenters. The van der Waals surface area contributed by atoms with E-state index in [1.807, 2.05) is 12.1 Å². The van der Waals surface area contributed by atoms with Crippen LogP contribution in [0.25, 0.3) is 0 Å². The number of unbranched alkanes of at least 4 members (excludes halogenated alkanes) is 15. The van der Waals surface area contributed by atoms with Crippen molar-refractivity contribution in [2.45, 2.75) is 258 Å². The Morgan fingerprint density at radius 3 is 1.66 bits per heavy atom. The number of aromatic carboxylic acids is 1. The highest BCUT2D eigenvalue weighted by atomic mass is 16.6. The van der Waals surface area contributed by atoms with E-state index in [0.29, 0.717) is 17.7 Å². The molecule has 604 valence electrons. The predicted molar refractivity (Wildman–Crippen MR) is 410 cm³/mol. The van der Waals surface area contributed by atoms with E-state index in [-0.39, 0.29) is 61.1 Å². The van der Waals surface area contributed by atoms with E-state index < -0.39 is 174 Å². The molecule has 3 N–H and O–H groups in total. The number of hydrogen-bond donors (Lipinski definition) is 3. The first-order valence-electron chi connectivity index (χ1n) is 38.2. The highest BCUT2D eigenvalue weighted by Gasteiger charge is 2.79. The number of esters is 6. The van der Waals surface area contributed by atoms with Gasteiger partial charge in [-0.25, -0.2) is 9.59 Å². The van der Waals surface area contributed by atoms with Crippen molar-refractivity contribution in [3.63, 3.8) is 0 Å². The van der Waals surface area contributed by atoms with Crippen LogP contribution in [-0.2, 0) is 89.2 Å². The third-order valence-corrected chi connectivity index (χ3v) is 22.0. The summed E-state index contributed by atoms with van der Waals surface area (Å²) in [6, 6.07) is 34.2. The molecular weight excluding hydrogens is 1440 g/mol.